The lowest BCUT2D eigenvalue weighted by Crippen LogP contribution is -2.09. The number of aryl methyl sites for hydroxylation is 2. The number of fused-ring (bicyclic) bond motifs is 1. The monoisotopic (exact) mass is 399 g/mol. The summed E-state index contributed by atoms with van der Waals surface area (Å²) < 4.78 is 19.4. The number of imidazole rings is 1. The van der Waals surface area contributed by atoms with E-state index in [1.807, 2.05) is 61.5 Å². The van der Waals surface area contributed by atoms with Gasteiger partial charge in [0, 0.05) is 0 Å². The Morgan fingerprint density at radius 3 is 2.57 bits per heavy atom. The van der Waals surface area contributed by atoms with Gasteiger partial charge in [0.05, 0.1) is 23.8 Å². The smallest absolute Gasteiger partial charge is 0.263 e. The van der Waals surface area contributed by atoms with E-state index in [1.54, 1.807) is 6.26 Å². The van der Waals surface area contributed by atoms with Crippen LogP contribution in [0.3, 0.4) is 0 Å². The van der Waals surface area contributed by atoms with Crippen LogP contribution in [-0.4, -0.2) is 14.5 Å². The third kappa shape index (κ3) is 3.48. The fourth-order valence-corrected chi connectivity index (χ4v) is 3.42. The lowest BCUT2D eigenvalue weighted by Gasteiger charge is -2.10. The molecule has 0 N–H and O–H groups in total. The molecule has 0 saturated carbocycles. The van der Waals surface area contributed by atoms with Gasteiger partial charge in [0.2, 0.25) is 0 Å². The third-order valence-electron chi connectivity index (χ3n) is 5.06. The molecule has 6 nitrogen and oxygen atoms in total. The van der Waals surface area contributed by atoms with Gasteiger partial charge in [0.1, 0.15) is 29.6 Å². The first-order valence-electron chi connectivity index (χ1n) is 9.81. The summed E-state index contributed by atoms with van der Waals surface area (Å²) in [6.45, 7) is 4.86. The van der Waals surface area contributed by atoms with Crippen LogP contribution >= 0.6 is 0 Å². The molecule has 30 heavy (non-hydrogen) atoms. The van der Waals surface area contributed by atoms with E-state index in [9.17, 15) is 0 Å². The van der Waals surface area contributed by atoms with Crippen molar-refractivity contribution in [3.05, 3.63) is 89.8 Å². The average molecular weight is 399 g/mol. The van der Waals surface area contributed by atoms with Gasteiger partial charge in [-0.1, -0.05) is 29.8 Å². The normalized spacial score (nSPS) is 11.3. The van der Waals surface area contributed by atoms with Gasteiger partial charge in [-0.05, 0) is 50.2 Å². The highest BCUT2D eigenvalue weighted by Crippen LogP contribution is 2.25. The number of rotatable bonds is 6. The number of para-hydroxylation sites is 2. The second-order valence-electron chi connectivity index (χ2n) is 7.20. The molecule has 0 saturated heterocycles. The zero-order valence-corrected chi connectivity index (χ0v) is 16.8. The second-order valence-corrected chi connectivity index (χ2v) is 7.20. The van der Waals surface area contributed by atoms with Gasteiger partial charge in [0.25, 0.3) is 5.89 Å². The Kier molecular flexibility index (Phi) is 4.59. The van der Waals surface area contributed by atoms with Crippen molar-refractivity contribution >= 4 is 11.0 Å². The number of aromatic nitrogens is 3. The molecule has 0 radical (unpaired) electrons. The number of benzene rings is 2. The summed E-state index contributed by atoms with van der Waals surface area (Å²) in [5.41, 5.74) is 3.99. The van der Waals surface area contributed by atoms with Crippen LogP contribution in [0.25, 0.3) is 22.7 Å². The molecule has 150 valence electrons. The van der Waals surface area contributed by atoms with Gasteiger partial charge >= 0.3 is 0 Å². The van der Waals surface area contributed by atoms with Crippen LogP contribution in [0, 0.1) is 13.8 Å². The number of nitrogens with zero attached hydrogens (tertiary/aromatic N) is 3. The molecule has 0 spiro atoms. The lowest BCUT2D eigenvalue weighted by atomic mass is 10.2. The Morgan fingerprint density at radius 2 is 1.77 bits per heavy atom. The number of ether oxygens (including phenoxy) is 1. The van der Waals surface area contributed by atoms with E-state index in [-0.39, 0.29) is 0 Å². The van der Waals surface area contributed by atoms with Gasteiger partial charge in [-0.15, -0.1) is 0 Å². The highest BCUT2D eigenvalue weighted by Gasteiger charge is 2.17. The van der Waals surface area contributed by atoms with E-state index in [4.69, 9.17) is 18.6 Å². The highest BCUT2D eigenvalue weighted by molar-refractivity contribution is 5.76. The Bertz CT molecular complexity index is 1280. The SMILES string of the molecule is Cc1ccc(OCc2nc3ccccc3n2Cc2nc(-c3ccco3)oc2C)cc1. The van der Waals surface area contributed by atoms with E-state index in [2.05, 4.69) is 22.5 Å². The second kappa shape index (κ2) is 7.55. The summed E-state index contributed by atoms with van der Waals surface area (Å²) in [5.74, 6) is 3.50. The lowest BCUT2D eigenvalue weighted by molar-refractivity contribution is 0.291. The van der Waals surface area contributed by atoms with Crippen LogP contribution in [0.15, 0.2) is 75.8 Å². The quantitative estimate of drug-likeness (QED) is 0.376. The Balaban J connectivity index is 1.47. The van der Waals surface area contributed by atoms with E-state index < -0.39 is 0 Å². The Hall–Kier alpha value is -3.80. The summed E-state index contributed by atoms with van der Waals surface area (Å²) >= 11 is 0. The molecule has 0 atom stereocenters. The minimum absolute atomic E-state index is 0.361. The highest BCUT2D eigenvalue weighted by atomic mass is 16.5. The molecule has 0 aliphatic carbocycles. The zero-order chi connectivity index (χ0) is 20.5. The molecule has 5 rings (SSSR count). The summed E-state index contributed by atoms with van der Waals surface area (Å²) in [7, 11) is 0. The third-order valence-corrected chi connectivity index (χ3v) is 5.06. The number of hydrogen-bond acceptors (Lipinski definition) is 5. The summed E-state index contributed by atoms with van der Waals surface area (Å²) in [6, 6.07) is 19.7. The van der Waals surface area contributed by atoms with E-state index >= 15 is 0 Å². The van der Waals surface area contributed by atoms with Crippen LogP contribution in [-0.2, 0) is 13.2 Å². The van der Waals surface area contributed by atoms with Gasteiger partial charge in [-0.2, -0.15) is 0 Å². The van der Waals surface area contributed by atoms with Crippen LogP contribution in [0.1, 0.15) is 22.8 Å². The van der Waals surface area contributed by atoms with Gasteiger partial charge < -0.3 is 18.1 Å². The fourth-order valence-electron chi connectivity index (χ4n) is 3.42. The largest absolute Gasteiger partial charge is 0.486 e. The van der Waals surface area contributed by atoms with Gasteiger partial charge in [-0.25, -0.2) is 9.97 Å². The Morgan fingerprint density at radius 1 is 0.933 bits per heavy atom. The van der Waals surface area contributed by atoms with Crippen molar-refractivity contribution in [3.8, 4) is 17.4 Å². The van der Waals surface area contributed by atoms with Gasteiger partial charge in [-0.3, -0.25) is 0 Å². The molecular weight excluding hydrogens is 378 g/mol. The Labute approximate surface area is 173 Å². The molecule has 0 bridgehead atoms. The minimum Gasteiger partial charge on any atom is -0.486 e. The van der Waals surface area contributed by atoms with Crippen molar-refractivity contribution < 1.29 is 13.6 Å². The maximum atomic E-state index is 6.01. The summed E-state index contributed by atoms with van der Waals surface area (Å²) in [4.78, 5) is 9.44. The first kappa shape index (κ1) is 18.2. The van der Waals surface area contributed by atoms with Crippen LogP contribution in [0.5, 0.6) is 5.75 Å². The van der Waals surface area contributed by atoms with E-state index in [0.29, 0.717) is 24.8 Å². The zero-order valence-electron chi connectivity index (χ0n) is 16.8. The van der Waals surface area contributed by atoms with Crippen LogP contribution < -0.4 is 4.74 Å². The van der Waals surface area contributed by atoms with Crippen LogP contribution in [0.2, 0.25) is 0 Å². The standard InChI is InChI=1S/C24H21N3O3/c1-16-9-11-18(12-10-16)29-15-23-25-19-6-3-4-7-21(19)27(23)14-20-17(2)30-24(26-20)22-8-5-13-28-22/h3-13H,14-15H2,1-2H3. The predicted octanol–water partition coefficient (Wildman–Crippen LogP) is 5.53. The molecule has 0 aliphatic rings. The molecule has 5 aromatic rings. The van der Waals surface area contributed by atoms with E-state index in [1.165, 1.54) is 5.56 Å². The number of hydrogen-bond donors (Lipinski definition) is 0. The molecule has 3 aromatic heterocycles. The van der Waals surface area contributed by atoms with Crippen molar-refractivity contribution in [2.75, 3.05) is 0 Å². The first-order valence-corrected chi connectivity index (χ1v) is 9.81. The predicted molar refractivity (Wildman–Crippen MR) is 113 cm³/mol. The fraction of sp³-hybridized carbons (Fsp3) is 0.167. The average Bonchev–Trinajstić information content (AvgIpc) is 3.48. The molecule has 3 heterocycles. The molecule has 0 aliphatic heterocycles. The van der Waals surface area contributed by atoms with Crippen molar-refractivity contribution in [1.82, 2.24) is 14.5 Å². The molecule has 6 heteroatoms. The molecule has 0 fully saturated rings. The van der Waals surface area contributed by atoms with Crippen LogP contribution in [0.4, 0.5) is 0 Å². The maximum Gasteiger partial charge on any atom is 0.263 e. The summed E-state index contributed by atoms with van der Waals surface area (Å²) in [6.07, 6.45) is 1.61. The first-order chi connectivity index (χ1) is 14.7. The topological polar surface area (TPSA) is 66.2 Å². The molecule has 0 unspecified atom stereocenters. The van der Waals surface area contributed by atoms with Crippen molar-refractivity contribution in [2.45, 2.75) is 27.0 Å². The molecule has 2 aromatic carbocycles. The molecular formula is C24H21N3O3. The molecule has 0 amide bonds. The minimum atomic E-state index is 0.361. The number of oxazole rings is 1. The van der Waals surface area contributed by atoms with Crippen molar-refractivity contribution in [1.29, 1.82) is 0 Å². The van der Waals surface area contributed by atoms with Crippen molar-refractivity contribution in [2.24, 2.45) is 0 Å². The van der Waals surface area contributed by atoms with Crippen molar-refractivity contribution in [3.63, 3.8) is 0 Å². The summed E-state index contributed by atoms with van der Waals surface area (Å²) in [5, 5.41) is 0. The maximum absolute atomic E-state index is 6.01. The van der Waals surface area contributed by atoms with Gasteiger partial charge in [0.15, 0.2) is 5.76 Å². The van der Waals surface area contributed by atoms with E-state index in [0.717, 1.165) is 34.1 Å². The number of furan rings is 1.